The number of carbonyl (C=O) groups excluding carboxylic acids is 3. The highest BCUT2D eigenvalue weighted by Gasteiger charge is 2.81. The third-order valence-electron chi connectivity index (χ3n) is 6.22. The van der Waals surface area contributed by atoms with Gasteiger partial charge in [0.2, 0.25) is 12.3 Å². The number of halogens is 2. The van der Waals surface area contributed by atoms with Crippen molar-refractivity contribution in [1.29, 1.82) is 0 Å². The topological polar surface area (TPSA) is 94.2 Å². The maximum absolute atomic E-state index is 15.8. The van der Waals surface area contributed by atoms with Crippen molar-refractivity contribution in [2.24, 2.45) is 0 Å². The van der Waals surface area contributed by atoms with Gasteiger partial charge in [-0.2, -0.15) is 8.78 Å². The summed E-state index contributed by atoms with van der Waals surface area (Å²) >= 11 is 0. The molecule has 2 unspecified atom stereocenters. The Morgan fingerprint density at radius 1 is 0.943 bits per heavy atom. The summed E-state index contributed by atoms with van der Waals surface area (Å²) in [7, 11) is 0. The number of benzene rings is 2. The standard InChI is InChI=1S/C25H22F2N2O6/c26-25(27)21(34-20(31)17-11-5-2-6-12-17)24(35-22(25)29-14-8-7-13-28-23(29)32)15-18(24)33-19(30)16-9-3-1-4-10-16/h1-12,18,21-22H,13-15H2,(H,28,32)/t18?,21-,22?,24+/m1/s1. The molecule has 1 spiro atoms. The Balaban J connectivity index is 1.44. The van der Waals surface area contributed by atoms with Gasteiger partial charge in [0.05, 0.1) is 11.1 Å². The number of alkyl halides is 2. The smallest absolute Gasteiger partial charge is 0.338 e. The average Bonchev–Trinajstić information content (AvgIpc) is 3.55. The molecule has 182 valence electrons. The van der Waals surface area contributed by atoms with E-state index in [4.69, 9.17) is 14.2 Å². The van der Waals surface area contributed by atoms with Crippen LogP contribution < -0.4 is 5.32 Å². The molecule has 4 atom stereocenters. The number of esters is 2. The first kappa shape index (κ1) is 23.0. The number of ether oxygens (including phenoxy) is 3. The number of rotatable bonds is 5. The van der Waals surface area contributed by atoms with E-state index in [1.54, 1.807) is 48.6 Å². The van der Waals surface area contributed by atoms with Crippen LogP contribution in [-0.2, 0) is 14.2 Å². The molecular formula is C25H22F2N2O6. The van der Waals surface area contributed by atoms with E-state index in [0.29, 0.717) is 0 Å². The van der Waals surface area contributed by atoms with E-state index in [2.05, 4.69) is 5.32 Å². The van der Waals surface area contributed by atoms with Crippen LogP contribution in [0.5, 0.6) is 0 Å². The van der Waals surface area contributed by atoms with Crippen molar-refractivity contribution < 1.29 is 37.4 Å². The van der Waals surface area contributed by atoms with Crippen molar-refractivity contribution in [1.82, 2.24) is 10.2 Å². The Kier molecular flexibility index (Phi) is 5.76. The molecular weight excluding hydrogens is 462 g/mol. The molecule has 1 saturated heterocycles. The van der Waals surface area contributed by atoms with E-state index in [0.717, 1.165) is 4.90 Å². The van der Waals surface area contributed by atoms with Gasteiger partial charge in [0.1, 0.15) is 6.10 Å². The molecule has 3 aliphatic rings. The Morgan fingerprint density at radius 3 is 2.17 bits per heavy atom. The van der Waals surface area contributed by atoms with Crippen LogP contribution in [0.2, 0.25) is 0 Å². The van der Waals surface area contributed by atoms with E-state index in [9.17, 15) is 14.4 Å². The second kappa shape index (κ2) is 8.77. The van der Waals surface area contributed by atoms with Crippen LogP contribution in [0.3, 0.4) is 0 Å². The summed E-state index contributed by atoms with van der Waals surface area (Å²) in [6, 6.07) is 15.0. The quantitative estimate of drug-likeness (QED) is 0.518. The molecule has 5 rings (SSSR count). The van der Waals surface area contributed by atoms with Gasteiger partial charge in [-0.3, -0.25) is 4.90 Å². The summed E-state index contributed by atoms with van der Waals surface area (Å²) in [6.07, 6.45) is -2.12. The van der Waals surface area contributed by atoms with Gasteiger partial charge in [0.25, 0.3) is 0 Å². The van der Waals surface area contributed by atoms with Crippen molar-refractivity contribution >= 4 is 18.0 Å². The summed E-state index contributed by atoms with van der Waals surface area (Å²) in [5.41, 5.74) is -1.47. The van der Waals surface area contributed by atoms with E-state index in [1.807, 2.05) is 0 Å². The lowest BCUT2D eigenvalue weighted by molar-refractivity contribution is -0.153. The largest absolute Gasteiger partial charge is 0.455 e. The minimum Gasteiger partial charge on any atom is -0.455 e. The van der Waals surface area contributed by atoms with Crippen LogP contribution in [0.25, 0.3) is 0 Å². The van der Waals surface area contributed by atoms with Gasteiger partial charge in [-0.05, 0) is 24.3 Å². The fourth-order valence-corrected chi connectivity index (χ4v) is 4.35. The van der Waals surface area contributed by atoms with Crippen molar-refractivity contribution in [2.45, 2.75) is 36.4 Å². The number of carbonyl (C=O) groups is 3. The monoisotopic (exact) mass is 484 g/mol. The zero-order chi connectivity index (χ0) is 24.6. The molecule has 2 aromatic carbocycles. The Morgan fingerprint density at radius 2 is 1.54 bits per heavy atom. The van der Waals surface area contributed by atoms with E-state index < -0.39 is 47.9 Å². The van der Waals surface area contributed by atoms with Crippen LogP contribution in [-0.4, -0.2) is 65.9 Å². The summed E-state index contributed by atoms with van der Waals surface area (Å²) in [5.74, 6) is -5.47. The number of hydrogen-bond donors (Lipinski definition) is 1. The normalized spacial score (nSPS) is 28.8. The van der Waals surface area contributed by atoms with Crippen molar-refractivity contribution in [3.05, 3.63) is 83.9 Å². The molecule has 2 aromatic rings. The van der Waals surface area contributed by atoms with Gasteiger partial charge < -0.3 is 19.5 Å². The lowest BCUT2D eigenvalue weighted by Crippen LogP contribution is -2.54. The summed E-state index contributed by atoms with van der Waals surface area (Å²) in [6.45, 7) is 0.0541. The predicted molar refractivity (Wildman–Crippen MR) is 118 cm³/mol. The SMILES string of the molecule is O=C(OC1C[C@]12OC(N1CC=CCNC1=O)C(F)(F)[C@@H]2OC(=O)c1ccccc1)c1ccccc1. The Bertz CT molecular complexity index is 1160. The van der Waals surface area contributed by atoms with Gasteiger partial charge >= 0.3 is 23.9 Å². The number of nitrogens with zero attached hydrogens (tertiary/aromatic N) is 1. The van der Waals surface area contributed by atoms with E-state index in [-0.39, 0.29) is 30.6 Å². The number of hydrogen-bond acceptors (Lipinski definition) is 6. The Labute approximate surface area is 199 Å². The number of amides is 2. The third kappa shape index (κ3) is 4.14. The molecule has 2 heterocycles. The highest BCUT2D eigenvalue weighted by Crippen LogP contribution is 2.59. The minimum atomic E-state index is -3.78. The van der Waals surface area contributed by atoms with Gasteiger partial charge in [0.15, 0.2) is 5.60 Å². The van der Waals surface area contributed by atoms with Crippen LogP contribution in [0.15, 0.2) is 72.8 Å². The minimum absolute atomic E-state index is 0.0795. The first-order valence-corrected chi connectivity index (χ1v) is 11.1. The second-order valence-electron chi connectivity index (χ2n) is 8.52. The van der Waals surface area contributed by atoms with Crippen LogP contribution >= 0.6 is 0 Å². The van der Waals surface area contributed by atoms with Crippen LogP contribution in [0.4, 0.5) is 13.6 Å². The maximum Gasteiger partial charge on any atom is 0.338 e. The summed E-state index contributed by atoms with van der Waals surface area (Å²) in [5, 5.41) is 2.50. The molecule has 2 aliphatic heterocycles. The molecule has 0 aromatic heterocycles. The lowest BCUT2D eigenvalue weighted by atomic mass is 10.1. The molecule has 0 bridgehead atoms. The second-order valence-corrected chi connectivity index (χ2v) is 8.52. The van der Waals surface area contributed by atoms with Crippen molar-refractivity contribution in [3.8, 4) is 0 Å². The van der Waals surface area contributed by atoms with Crippen molar-refractivity contribution in [3.63, 3.8) is 0 Å². The van der Waals surface area contributed by atoms with Gasteiger partial charge in [-0.15, -0.1) is 0 Å². The first-order chi connectivity index (χ1) is 16.8. The zero-order valence-electron chi connectivity index (χ0n) is 18.4. The van der Waals surface area contributed by atoms with Gasteiger partial charge in [-0.1, -0.05) is 48.6 Å². The first-order valence-electron chi connectivity index (χ1n) is 11.1. The highest BCUT2D eigenvalue weighted by atomic mass is 19.3. The fourth-order valence-electron chi connectivity index (χ4n) is 4.35. The van der Waals surface area contributed by atoms with Gasteiger partial charge in [0, 0.05) is 19.5 Å². The molecule has 2 amide bonds. The molecule has 35 heavy (non-hydrogen) atoms. The highest BCUT2D eigenvalue weighted by molar-refractivity contribution is 5.90. The van der Waals surface area contributed by atoms with Crippen LogP contribution in [0, 0.1) is 0 Å². The van der Waals surface area contributed by atoms with E-state index in [1.165, 1.54) is 24.3 Å². The number of nitrogens with one attached hydrogen (secondary N) is 1. The lowest BCUT2D eigenvalue weighted by Gasteiger charge is -2.30. The fraction of sp³-hybridized carbons (Fsp3) is 0.320. The van der Waals surface area contributed by atoms with Crippen molar-refractivity contribution in [2.75, 3.05) is 13.1 Å². The number of urea groups is 1. The zero-order valence-corrected chi connectivity index (χ0v) is 18.4. The van der Waals surface area contributed by atoms with Gasteiger partial charge in [-0.25, -0.2) is 14.4 Å². The van der Waals surface area contributed by atoms with Crippen LogP contribution in [0.1, 0.15) is 27.1 Å². The summed E-state index contributed by atoms with van der Waals surface area (Å²) in [4.78, 5) is 38.6. The molecule has 2 fully saturated rings. The molecule has 10 heteroatoms. The average molecular weight is 484 g/mol. The third-order valence-corrected chi connectivity index (χ3v) is 6.22. The molecule has 0 radical (unpaired) electrons. The molecule has 1 N–H and O–H groups in total. The predicted octanol–water partition coefficient (Wildman–Crippen LogP) is 3.15. The summed E-state index contributed by atoms with van der Waals surface area (Å²) < 4.78 is 48.2. The molecule has 1 aliphatic carbocycles. The maximum atomic E-state index is 15.8. The molecule has 8 nitrogen and oxygen atoms in total. The molecule has 1 saturated carbocycles. The Hall–Kier alpha value is -3.79. The van der Waals surface area contributed by atoms with E-state index >= 15 is 8.78 Å².